The summed E-state index contributed by atoms with van der Waals surface area (Å²) in [7, 11) is -3.41. The lowest BCUT2D eigenvalue weighted by molar-refractivity contribution is 0.572. The van der Waals surface area contributed by atoms with Gasteiger partial charge in [-0.3, -0.25) is 9.47 Å². The fourth-order valence-electron chi connectivity index (χ4n) is 2.53. The van der Waals surface area contributed by atoms with E-state index in [-0.39, 0.29) is 5.16 Å². The zero-order valence-corrected chi connectivity index (χ0v) is 12.9. The van der Waals surface area contributed by atoms with Crippen LogP contribution in [0.2, 0.25) is 0 Å². The van der Waals surface area contributed by atoms with Crippen LogP contribution < -0.4 is 4.90 Å². The SMILES string of the molecule is CCCCCN1c2nc[nH]c2Cn2c1nnc2S(C)(=O)=O. The van der Waals surface area contributed by atoms with Crippen LogP contribution in [0.1, 0.15) is 31.9 Å². The van der Waals surface area contributed by atoms with Crippen molar-refractivity contribution in [1.82, 2.24) is 24.7 Å². The van der Waals surface area contributed by atoms with Crippen molar-refractivity contribution in [2.24, 2.45) is 0 Å². The molecule has 0 bridgehead atoms. The number of H-pyrrole nitrogens is 1. The number of aromatic amines is 1. The largest absolute Gasteiger partial charge is 0.345 e. The van der Waals surface area contributed by atoms with Crippen LogP contribution in [0.15, 0.2) is 11.5 Å². The standard InChI is InChI=1S/C12H18N6O2S/c1-3-4-5-6-17-10-9(13-8-14-10)7-18-11(17)15-16-12(18)21(2,19)20/h8H,3-7H2,1-2H3,(H,13,14). The van der Waals surface area contributed by atoms with E-state index in [9.17, 15) is 8.42 Å². The highest BCUT2D eigenvalue weighted by molar-refractivity contribution is 7.90. The highest BCUT2D eigenvalue weighted by Crippen LogP contribution is 2.32. The lowest BCUT2D eigenvalue weighted by Crippen LogP contribution is -2.29. The van der Waals surface area contributed by atoms with Crippen molar-refractivity contribution in [2.45, 2.75) is 37.9 Å². The van der Waals surface area contributed by atoms with Gasteiger partial charge in [0.1, 0.15) is 0 Å². The first-order valence-electron chi connectivity index (χ1n) is 6.95. The van der Waals surface area contributed by atoms with Gasteiger partial charge in [-0.05, 0) is 6.42 Å². The lowest BCUT2D eigenvalue weighted by atomic mass is 10.2. The van der Waals surface area contributed by atoms with Gasteiger partial charge in [0, 0.05) is 12.8 Å². The van der Waals surface area contributed by atoms with Gasteiger partial charge in [-0.2, -0.15) is 0 Å². The van der Waals surface area contributed by atoms with E-state index in [1.807, 2.05) is 4.90 Å². The van der Waals surface area contributed by atoms with E-state index in [1.54, 1.807) is 10.9 Å². The Bertz CT molecular complexity index is 748. The minimum atomic E-state index is -3.41. The number of aromatic nitrogens is 5. The van der Waals surface area contributed by atoms with Crippen molar-refractivity contribution < 1.29 is 8.42 Å². The number of sulfone groups is 1. The molecule has 3 heterocycles. The van der Waals surface area contributed by atoms with Gasteiger partial charge in [-0.15, -0.1) is 10.2 Å². The summed E-state index contributed by atoms with van der Waals surface area (Å²) in [5, 5.41) is 7.92. The van der Waals surface area contributed by atoms with E-state index in [0.29, 0.717) is 12.5 Å². The van der Waals surface area contributed by atoms with Gasteiger partial charge >= 0.3 is 0 Å². The fraction of sp³-hybridized carbons (Fsp3) is 0.583. The predicted octanol–water partition coefficient (Wildman–Crippen LogP) is 1.09. The van der Waals surface area contributed by atoms with E-state index < -0.39 is 9.84 Å². The maximum Gasteiger partial charge on any atom is 0.251 e. The van der Waals surface area contributed by atoms with Gasteiger partial charge in [0.2, 0.25) is 15.8 Å². The van der Waals surface area contributed by atoms with Gasteiger partial charge in [-0.1, -0.05) is 19.8 Å². The Balaban J connectivity index is 2.02. The molecule has 0 saturated carbocycles. The average Bonchev–Trinajstić information content (AvgIpc) is 3.03. The fourth-order valence-corrected chi connectivity index (χ4v) is 3.27. The van der Waals surface area contributed by atoms with Gasteiger partial charge in [0.15, 0.2) is 5.82 Å². The van der Waals surface area contributed by atoms with Gasteiger partial charge in [-0.25, -0.2) is 13.4 Å². The summed E-state index contributed by atoms with van der Waals surface area (Å²) in [4.78, 5) is 9.33. The molecular formula is C12H18N6O2S. The van der Waals surface area contributed by atoms with Crippen molar-refractivity contribution in [3.63, 3.8) is 0 Å². The summed E-state index contributed by atoms with van der Waals surface area (Å²) in [5.74, 6) is 1.36. The molecule has 3 rings (SSSR count). The van der Waals surface area contributed by atoms with Crippen molar-refractivity contribution in [3.05, 3.63) is 12.0 Å². The first kappa shape index (κ1) is 14.1. The highest BCUT2D eigenvalue weighted by atomic mass is 32.2. The van der Waals surface area contributed by atoms with E-state index >= 15 is 0 Å². The molecule has 0 unspecified atom stereocenters. The van der Waals surface area contributed by atoms with E-state index in [4.69, 9.17) is 0 Å². The van der Waals surface area contributed by atoms with Crippen molar-refractivity contribution >= 4 is 21.6 Å². The molecule has 0 aliphatic carbocycles. The second-order valence-electron chi connectivity index (χ2n) is 5.20. The minimum absolute atomic E-state index is 0.00163. The number of nitrogens with one attached hydrogen (secondary N) is 1. The second-order valence-corrected chi connectivity index (χ2v) is 7.11. The molecule has 1 aliphatic rings. The Morgan fingerprint density at radius 1 is 1.33 bits per heavy atom. The molecule has 9 heteroatoms. The summed E-state index contributed by atoms with van der Waals surface area (Å²) >= 11 is 0. The molecule has 0 radical (unpaired) electrons. The summed E-state index contributed by atoms with van der Waals surface area (Å²) in [6.07, 6.45) is 5.97. The Labute approximate surface area is 123 Å². The molecule has 0 atom stereocenters. The van der Waals surface area contributed by atoms with Crippen molar-refractivity contribution in [1.29, 1.82) is 0 Å². The van der Waals surface area contributed by atoms with E-state index in [0.717, 1.165) is 43.6 Å². The molecule has 0 amide bonds. The van der Waals surface area contributed by atoms with Gasteiger partial charge in [0.25, 0.3) is 5.16 Å². The molecule has 0 spiro atoms. The van der Waals surface area contributed by atoms with Crippen LogP contribution in [0.5, 0.6) is 0 Å². The first-order valence-corrected chi connectivity index (χ1v) is 8.84. The number of nitrogens with zero attached hydrogens (tertiary/aromatic N) is 5. The number of unbranched alkanes of at least 4 members (excludes halogenated alkanes) is 2. The van der Waals surface area contributed by atoms with Crippen LogP contribution in [-0.2, 0) is 16.4 Å². The van der Waals surface area contributed by atoms with Crippen LogP contribution in [0.25, 0.3) is 0 Å². The van der Waals surface area contributed by atoms with Gasteiger partial charge in [0.05, 0.1) is 18.6 Å². The number of hydrogen-bond donors (Lipinski definition) is 1. The van der Waals surface area contributed by atoms with Crippen molar-refractivity contribution in [2.75, 3.05) is 17.7 Å². The van der Waals surface area contributed by atoms with Gasteiger partial charge < -0.3 is 4.98 Å². The molecule has 1 aliphatic heterocycles. The molecule has 2 aromatic heterocycles. The summed E-state index contributed by atoms with van der Waals surface area (Å²) < 4.78 is 25.3. The quantitative estimate of drug-likeness (QED) is 0.831. The van der Waals surface area contributed by atoms with E-state index in [1.165, 1.54) is 0 Å². The third kappa shape index (κ3) is 2.41. The van der Waals surface area contributed by atoms with Crippen LogP contribution >= 0.6 is 0 Å². The van der Waals surface area contributed by atoms with Crippen molar-refractivity contribution in [3.8, 4) is 0 Å². The average molecular weight is 310 g/mol. The van der Waals surface area contributed by atoms with Crippen LogP contribution in [0, 0.1) is 0 Å². The number of hydrogen-bond acceptors (Lipinski definition) is 6. The Hall–Kier alpha value is -1.90. The summed E-state index contributed by atoms with van der Waals surface area (Å²) in [6.45, 7) is 3.28. The zero-order valence-electron chi connectivity index (χ0n) is 12.1. The smallest absolute Gasteiger partial charge is 0.251 e. The van der Waals surface area contributed by atoms with E-state index in [2.05, 4.69) is 27.1 Å². The molecular weight excluding hydrogens is 292 g/mol. The molecule has 114 valence electrons. The van der Waals surface area contributed by atoms with Crippen LogP contribution in [0.3, 0.4) is 0 Å². The maximum absolute atomic E-state index is 11.8. The van der Waals surface area contributed by atoms with Crippen LogP contribution in [0.4, 0.5) is 11.8 Å². The monoisotopic (exact) mass is 310 g/mol. The maximum atomic E-state index is 11.8. The molecule has 1 N–H and O–H groups in total. The third-order valence-corrected chi connectivity index (χ3v) is 4.49. The normalized spacial score (nSPS) is 14.1. The molecule has 21 heavy (non-hydrogen) atoms. The highest BCUT2D eigenvalue weighted by Gasteiger charge is 2.31. The summed E-state index contributed by atoms with van der Waals surface area (Å²) in [6, 6.07) is 0. The zero-order chi connectivity index (χ0) is 15.0. The minimum Gasteiger partial charge on any atom is -0.345 e. The number of anilines is 2. The second kappa shape index (κ2) is 5.14. The molecule has 0 fully saturated rings. The Morgan fingerprint density at radius 2 is 2.14 bits per heavy atom. The first-order chi connectivity index (χ1) is 10.0. The Kier molecular flexibility index (Phi) is 3.44. The molecule has 2 aromatic rings. The number of fused-ring (bicyclic) bond motifs is 2. The summed E-state index contributed by atoms with van der Waals surface area (Å²) in [5.41, 5.74) is 0.878. The number of imidazole rings is 1. The lowest BCUT2D eigenvalue weighted by Gasteiger charge is -2.27. The molecule has 0 aromatic carbocycles. The molecule has 0 saturated heterocycles. The third-order valence-electron chi connectivity index (χ3n) is 3.52. The number of rotatable bonds is 5. The Morgan fingerprint density at radius 3 is 2.86 bits per heavy atom. The van der Waals surface area contributed by atoms with Crippen LogP contribution in [-0.4, -0.2) is 46.0 Å². The predicted molar refractivity (Wildman–Crippen MR) is 77.4 cm³/mol. The topological polar surface area (TPSA) is 96.8 Å². The molecule has 8 nitrogen and oxygen atoms in total.